The summed E-state index contributed by atoms with van der Waals surface area (Å²) in [6, 6.07) is 0. The van der Waals surface area contributed by atoms with Gasteiger partial charge in [0.25, 0.3) is 0 Å². The summed E-state index contributed by atoms with van der Waals surface area (Å²) in [5.41, 5.74) is 0. The van der Waals surface area contributed by atoms with Crippen LogP contribution in [0.5, 0.6) is 0 Å². The number of hydrogen-bond acceptors (Lipinski definition) is 5. The first kappa shape index (κ1) is 8.70. The maximum atomic E-state index is 9.69. The highest BCUT2D eigenvalue weighted by atomic mass is 32.2. The van der Waals surface area contributed by atoms with Gasteiger partial charge in [-0.1, -0.05) is 11.8 Å². The molecule has 9 heavy (non-hydrogen) atoms. The minimum atomic E-state index is -2.93. The summed E-state index contributed by atoms with van der Waals surface area (Å²) in [6.45, 7) is 0. The van der Waals surface area contributed by atoms with E-state index < -0.39 is 17.0 Å². The standard InChI is InChI=1S/C3H6O5S/c4-2(5)1-9-3(6,7)8/h6-8H,1H2,(H,4,5). The summed E-state index contributed by atoms with van der Waals surface area (Å²) in [6.07, 6.45) is 0. The molecule has 0 rings (SSSR count). The zero-order valence-electron chi connectivity index (χ0n) is 4.31. The summed E-state index contributed by atoms with van der Waals surface area (Å²) < 4.78 is 0. The van der Waals surface area contributed by atoms with Gasteiger partial charge in [-0.25, -0.2) is 0 Å². The summed E-state index contributed by atoms with van der Waals surface area (Å²) in [5, 5.41) is 29.2. The quantitative estimate of drug-likeness (QED) is 0.365. The summed E-state index contributed by atoms with van der Waals surface area (Å²) in [7, 11) is 0. The Kier molecular flexibility index (Phi) is 2.92. The second-order valence-corrected chi connectivity index (χ2v) is 2.38. The number of aliphatic hydroxyl groups is 3. The van der Waals surface area contributed by atoms with Crippen molar-refractivity contribution in [1.82, 2.24) is 0 Å². The van der Waals surface area contributed by atoms with Crippen molar-refractivity contribution in [3.8, 4) is 0 Å². The molecule has 0 bridgehead atoms. The van der Waals surface area contributed by atoms with E-state index in [0.29, 0.717) is 0 Å². The number of rotatable bonds is 3. The molecule has 0 saturated carbocycles. The predicted molar refractivity (Wildman–Crippen MR) is 29.5 cm³/mol. The van der Waals surface area contributed by atoms with Crippen molar-refractivity contribution in [3.05, 3.63) is 0 Å². The summed E-state index contributed by atoms with van der Waals surface area (Å²) >= 11 is 0.109. The van der Waals surface area contributed by atoms with E-state index in [-0.39, 0.29) is 11.8 Å². The summed E-state index contributed by atoms with van der Waals surface area (Å²) in [4.78, 5) is 9.69. The van der Waals surface area contributed by atoms with Gasteiger partial charge in [-0.2, -0.15) is 0 Å². The van der Waals surface area contributed by atoms with E-state index in [1.165, 1.54) is 0 Å². The molecule has 0 atom stereocenters. The Balaban J connectivity index is 3.39. The highest BCUT2D eigenvalue weighted by Crippen LogP contribution is 2.13. The van der Waals surface area contributed by atoms with Crippen LogP contribution in [-0.2, 0) is 4.79 Å². The molecular weight excluding hydrogens is 148 g/mol. The van der Waals surface area contributed by atoms with Crippen LogP contribution < -0.4 is 0 Å². The van der Waals surface area contributed by atoms with Gasteiger partial charge in [-0.05, 0) is 0 Å². The lowest BCUT2D eigenvalue weighted by Crippen LogP contribution is -2.23. The van der Waals surface area contributed by atoms with Gasteiger partial charge in [0.2, 0.25) is 0 Å². The molecular formula is C3H6O5S. The average molecular weight is 154 g/mol. The van der Waals surface area contributed by atoms with E-state index in [0.717, 1.165) is 0 Å². The van der Waals surface area contributed by atoms with E-state index in [4.69, 9.17) is 20.4 Å². The number of carboxylic acids is 1. The van der Waals surface area contributed by atoms with Gasteiger partial charge in [-0.15, -0.1) is 0 Å². The molecule has 4 N–H and O–H groups in total. The molecule has 0 spiro atoms. The van der Waals surface area contributed by atoms with Gasteiger partial charge in [0, 0.05) is 0 Å². The van der Waals surface area contributed by atoms with Crippen molar-refractivity contribution in [2.24, 2.45) is 0 Å². The Morgan fingerprint density at radius 1 is 1.44 bits per heavy atom. The average Bonchev–Trinajstić information content (AvgIpc) is 1.59. The lowest BCUT2D eigenvalue weighted by Gasteiger charge is -2.09. The zero-order valence-corrected chi connectivity index (χ0v) is 5.13. The second-order valence-electron chi connectivity index (χ2n) is 1.26. The highest BCUT2D eigenvalue weighted by Gasteiger charge is 2.19. The van der Waals surface area contributed by atoms with E-state index >= 15 is 0 Å². The number of hydrogen-bond donors (Lipinski definition) is 4. The van der Waals surface area contributed by atoms with Crippen molar-refractivity contribution in [2.45, 2.75) is 5.31 Å². The first-order chi connectivity index (χ1) is 3.92. The first-order valence-electron chi connectivity index (χ1n) is 1.94. The Labute approximate surface area is 54.9 Å². The first-order valence-corrected chi connectivity index (χ1v) is 2.93. The van der Waals surface area contributed by atoms with Gasteiger partial charge in [0.15, 0.2) is 0 Å². The smallest absolute Gasteiger partial charge is 0.330 e. The van der Waals surface area contributed by atoms with Crippen LogP contribution in [0.25, 0.3) is 0 Å². The number of aliphatic carboxylic acids is 1. The van der Waals surface area contributed by atoms with E-state index in [9.17, 15) is 4.79 Å². The van der Waals surface area contributed by atoms with Crippen molar-refractivity contribution in [1.29, 1.82) is 0 Å². The fraction of sp³-hybridized carbons (Fsp3) is 0.667. The molecule has 0 aliphatic heterocycles. The third-order valence-corrected chi connectivity index (χ3v) is 1.17. The minimum Gasteiger partial charge on any atom is -0.481 e. The maximum Gasteiger partial charge on any atom is 0.330 e. The van der Waals surface area contributed by atoms with Crippen LogP contribution in [0.15, 0.2) is 0 Å². The Morgan fingerprint density at radius 2 is 1.89 bits per heavy atom. The van der Waals surface area contributed by atoms with Crippen LogP contribution in [0, 0.1) is 0 Å². The molecule has 54 valence electrons. The fourth-order valence-electron chi connectivity index (χ4n) is 0.159. The number of carboxylic acid groups (broad SMARTS) is 1. The van der Waals surface area contributed by atoms with Crippen molar-refractivity contribution < 1.29 is 25.2 Å². The third kappa shape index (κ3) is 7.70. The maximum absolute atomic E-state index is 9.69. The van der Waals surface area contributed by atoms with Gasteiger partial charge in [0.1, 0.15) is 0 Å². The van der Waals surface area contributed by atoms with Gasteiger partial charge in [-0.3, -0.25) is 4.79 Å². The van der Waals surface area contributed by atoms with Crippen LogP contribution in [0.4, 0.5) is 0 Å². The molecule has 0 aromatic rings. The zero-order chi connectivity index (χ0) is 7.49. The van der Waals surface area contributed by atoms with Crippen LogP contribution >= 0.6 is 11.8 Å². The van der Waals surface area contributed by atoms with Crippen molar-refractivity contribution in [3.63, 3.8) is 0 Å². The number of thioether (sulfide) groups is 1. The molecule has 0 aromatic carbocycles. The van der Waals surface area contributed by atoms with Crippen LogP contribution in [-0.4, -0.2) is 37.5 Å². The topological polar surface area (TPSA) is 98.0 Å². The SMILES string of the molecule is O=C(O)CSC(O)(O)O. The van der Waals surface area contributed by atoms with Crippen molar-refractivity contribution >= 4 is 17.7 Å². The molecule has 5 nitrogen and oxygen atoms in total. The highest BCUT2D eigenvalue weighted by molar-refractivity contribution is 8.00. The Hall–Kier alpha value is -0.300. The van der Waals surface area contributed by atoms with Gasteiger partial charge < -0.3 is 20.4 Å². The molecule has 0 unspecified atom stereocenters. The predicted octanol–water partition coefficient (Wildman–Crippen LogP) is -1.61. The lowest BCUT2D eigenvalue weighted by atomic mass is 10.8. The molecule has 0 saturated heterocycles. The van der Waals surface area contributed by atoms with Crippen LogP contribution in [0.1, 0.15) is 0 Å². The van der Waals surface area contributed by atoms with Crippen LogP contribution in [0.3, 0.4) is 0 Å². The van der Waals surface area contributed by atoms with Crippen LogP contribution in [0.2, 0.25) is 0 Å². The van der Waals surface area contributed by atoms with Gasteiger partial charge in [0.05, 0.1) is 5.75 Å². The van der Waals surface area contributed by atoms with E-state index in [1.54, 1.807) is 0 Å². The Morgan fingerprint density at radius 3 is 2.00 bits per heavy atom. The normalized spacial score (nSPS) is 11.4. The van der Waals surface area contributed by atoms with Gasteiger partial charge >= 0.3 is 11.3 Å². The Bertz CT molecular complexity index is 105. The van der Waals surface area contributed by atoms with E-state index in [1.807, 2.05) is 0 Å². The fourth-order valence-corrected chi connectivity index (χ4v) is 0.476. The largest absolute Gasteiger partial charge is 0.481 e. The van der Waals surface area contributed by atoms with Crippen molar-refractivity contribution in [2.75, 3.05) is 5.75 Å². The molecule has 0 radical (unpaired) electrons. The third-order valence-electron chi connectivity index (χ3n) is 0.389. The van der Waals surface area contributed by atoms with E-state index in [2.05, 4.69) is 0 Å². The minimum absolute atomic E-state index is 0.109. The number of carbonyl (C=O) groups is 1. The molecule has 6 heteroatoms. The molecule has 0 fully saturated rings. The molecule has 0 aliphatic carbocycles. The molecule has 0 amide bonds. The monoisotopic (exact) mass is 154 g/mol. The molecule has 0 heterocycles. The molecule has 0 aliphatic rings. The lowest BCUT2D eigenvalue weighted by molar-refractivity contribution is -0.234. The summed E-state index contributed by atoms with van der Waals surface area (Å²) in [5.74, 6) is -1.77. The molecule has 0 aromatic heterocycles. The second kappa shape index (κ2) is 3.02.